The molecule has 1 nitrogen and oxygen atoms in total. The van der Waals surface area contributed by atoms with Crippen LogP contribution < -0.4 is 0 Å². The minimum absolute atomic E-state index is 1.05. The molecule has 0 atom stereocenters. The summed E-state index contributed by atoms with van der Waals surface area (Å²) in [5, 5.41) is 0. The van der Waals surface area contributed by atoms with Gasteiger partial charge >= 0.3 is 0 Å². The third-order valence-corrected chi connectivity index (χ3v) is 1.10. The Morgan fingerprint density at radius 2 is 2.25 bits per heavy atom. The van der Waals surface area contributed by atoms with Crippen molar-refractivity contribution in [2.75, 3.05) is 7.05 Å². The molecule has 0 aliphatic carbocycles. The quantitative estimate of drug-likeness (QED) is 0.410. The van der Waals surface area contributed by atoms with Gasteiger partial charge in [-0.25, -0.2) is 4.58 Å². The minimum atomic E-state index is 1.05. The van der Waals surface area contributed by atoms with Crippen LogP contribution in [0.1, 0.15) is 6.42 Å². The van der Waals surface area contributed by atoms with Gasteiger partial charge in [-0.2, -0.15) is 0 Å². The van der Waals surface area contributed by atoms with Crippen LogP contribution in [0.15, 0.2) is 24.4 Å². The van der Waals surface area contributed by atoms with Crippen LogP contribution in [0.25, 0.3) is 0 Å². The maximum absolute atomic E-state index is 2.12. The topological polar surface area (TPSA) is 3.01 Å². The lowest BCUT2D eigenvalue weighted by Gasteiger charge is -1.78. The fourth-order valence-corrected chi connectivity index (χ4v) is 0.631. The van der Waals surface area contributed by atoms with Crippen LogP contribution in [0.2, 0.25) is 0 Å². The van der Waals surface area contributed by atoms with E-state index in [1.165, 1.54) is 0 Å². The molecule has 0 saturated heterocycles. The van der Waals surface area contributed by atoms with Crippen molar-refractivity contribution >= 4 is 6.21 Å². The van der Waals surface area contributed by atoms with Crippen LogP contribution >= 0.6 is 0 Å². The second kappa shape index (κ2) is 2.46. The summed E-state index contributed by atoms with van der Waals surface area (Å²) in [6.07, 6.45) is 11.4. The second-order valence-electron chi connectivity index (χ2n) is 1.85. The van der Waals surface area contributed by atoms with E-state index in [1.807, 2.05) is 19.3 Å². The fourth-order valence-electron chi connectivity index (χ4n) is 0.631. The molecule has 0 saturated carbocycles. The van der Waals surface area contributed by atoms with E-state index in [0.717, 1.165) is 6.42 Å². The first-order chi connectivity index (χ1) is 3.89. The fraction of sp³-hybridized carbons (Fsp3) is 0.286. The molecule has 8 heavy (non-hydrogen) atoms. The first-order valence-electron chi connectivity index (χ1n) is 2.78. The van der Waals surface area contributed by atoms with Gasteiger partial charge in [-0.05, 0) is 0 Å². The lowest BCUT2D eigenvalue weighted by Crippen LogP contribution is -1.94. The summed E-state index contributed by atoms with van der Waals surface area (Å²) >= 11 is 0. The summed E-state index contributed by atoms with van der Waals surface area (Å²) in [6, 6.07) is 0. The molecule has 1 rings (SSSR count). The van der Waals surface area contributed by atoms with Gasteiger partial charge in [0.1, 0.15) is 13.3 Å². The standard InChI is InChI=1S/C7H10N/c1-8-6-4-2-3-5-7-8/h2-4,6-7H,5H2,1H3/q+1. The molecule has 0 radical (unpaired) electrons. The molecule has 0 aromatic heterocycles. The van der Waals surface area contributed by atoms with Gasteiger partial charge in [0.15, 0.2) is 6.20 Å². The Hall–Kier alpha value is -0.850. The van der Waals surface area contributed by atoms with Crippen LogP contribution in [-0.4, -0.2) is 17.8 Å². The van der Waals surface area contributed by atoms with Gasteiger partial charge in [-0.3, -0.25) is 0 Å². The summed E-state index contributed by atoms with van der Waals surface area (Å²) in [7, 11) is 2.03. The first kappa shape index (κ1) is 5.29. The monoisotopic (exact) mass is 108 g/mol. The van der Waals surface area contributed by atoms with Crippen molar-refractivity contribution < 1.29 is 4.58 Å². The number of rotatable bonds is 0. The highest BCUT2D eigenvalue weighted by molar-refractivity contribution is 5.54. The van der Waals surface area contributed by atoms with Crippen LogP contribution in [0, 0.1) is 0 Å². The number of hydrogen-bond donors (Lipinski definition) is 0. The zero-order chi connectivity index (χ0) is 5.82. The molecule has 1 heterocycles. The summed E-state index contributed by atoms with van der Waals surface area (Å²) in [6.45, 7) is 0. The summed E-state index contributed by atoms with van der Waals surface area (Å²) in [4.78, 5) is 0. The largest absolute Gasteiger partial charge is 0.211 e. The van der Waals surface area contributed by atoms with Gasteiger partial charge in [0.2, 0.25) is 0 Å². The van der Waals surface area contributed by atoms with E-state index in [1.54, 1.807) is 0 Å². The Kier molecular flexibility index (Phi) is 1.62. The van der Waals surface area contributed by atoms with Crippen LogP contribution in [0.3, 0.4) is 0 Å². The summed E-state index contributed by atoms with van der Waals surface area (Å²) in [5.74, 6) is 0. The maximum Gasteiger partial charge on any atom is 0.168 e. The lowest BCUT2D eigenvalue weighted by atomic mass is 10.4. The van der Waals surface area contributed by atoms with Crippen LogP contribution in [-0.2, 0) is 0 Å². The average molecular weight is 108 g/mol. The van der Waals surface area contributed by atoms with Crippen molar-refractivity contribution in [1.82, 2.24) is 0 Å². The molecular weight excluding hydrogens is 98.1 g/mol. The van der Waals surface area contributed by atoms with Crippen molar-refractivity contribution in [2.24, 2.45) is 0 Å². The molecule has 0 aromatic rings. The Balaban J connectivity index is 2.69. The second-order valence-corrected chi connectivity index (χ2v) is 1.85. The molecule has 0 bridgehead atoms. The zero-order valence-corrected chi connectivity index (χ0v) is 5.04. The SMILES string of the molecule is C[N+]1=CCC=CC=C1. The zero-order valence-electron chi connectivity index (χ0n) is 5.04. The van der Waals surface area contributed by atoms with Gasteiger partial charge < -0.3 is 0 Å². The number of nitrogens with zero attached hydrogens (tertiary/aromatic N) is 1. The minimum Gasteiger partial charge on any atom is -0.211 e. The molecule has 42 valence electrons. The van der Waals surface area contributed by atoms with E-state index < -0.39 is 0 Å². The van der Waals surface area contributed by atoms with E-state index in [9.17, 15) is 0 Å². The highest BCUT2D eigenvalue weighted by Gasteiger charge is 1.87. The van der Waals surface area contributed by atoms with E-state index in [4.69, 9.17) is 0 Å². The van der Waals surface area contributed by atoms with Crippen molar-refractivity contribution in [1.29, 1.82) is 0 Å². The smallest absolute Gasteiger partial charge is 0.168 e. The Labute approximate surface area is 49.6 Å². The first-order valence-corrected chi connectivity index (χ1v) is 2.78. The van der Waals surface area contributed by atoms with Crippen LogP contribution in [0.5, 0.6) is 0 Å². The molecule has 0 spiro atoms. The van der Waals surface area contributed by atoms with Crippen molar-refractivity contribution in [3.05, 3.63) is 24.4 Å². The highest BCUT2D eigenvalue weighted by atomic mass is 14.9. The molecule has 1 aliphatic heterocycles. The Morgan fingerprint density at radius 1 is 1.38 bits per heavy atom. The van der Waals surface area contributed by atoms with Gasteiger partial charge in [-0.15, -0.1) is 0 Å². The number of hydrogen-bond acceptors (Lipinski definition) is 0. The van der Waals surface area contributed by atoms with E-state index >= 15 is 0 Å². The van der Waals surface area contributed by atoms with Crippen molar-refractivity contribution in [3.8, 4) is 0 Å². The van der Waals surface area contributed by atoms with Gasteiger partial charge in [-0.1, -0.05) is 12.2 Å². The van der Waals surface area contributed by atoms with E-state index in [2.05, 4.69) is 22.9 Å². The maximum atomic E-state index is 2.12. The van der Waals surface area contributed by atoms with E-state index in [0.29, 0.717) is 0 Å². The molecular formula is C7H10N+. The molecule has 1 aliphatic rings. The predicted octanol–water partition coefficient (Wildman–Crippen LogP) is 1.17. The van der Waals surface area contributed by atoms with E-state index in [-0.39, 0.29) is 0 Å². The van der Waals surface area contributed by atoms with Gasteiger partial charge in [0.05, 0.1) is 0 Å². The molecule has 1 heteroatoms. The Morgan fingerprint density at radius 3 is 3.12 bits per heavy atom. The normalized spacial score (nSPS) is 17.9. The van der Waals surface area contributed by atoms with Crippen LogP contribution in [0.4, 0.5) is 0 Å². The van der Waals surface area contributed by atoms with Gasteiger partial charge in [0.25, 0.3) is 0 Å². The van der Waals surface area contributed by atoms with Crippen molar-refractivity contribution in [2.45, 2.75) is 6.42 Å². The summed E-state index contributed by atoms with van der Waals surface area (Å²) < 4.78 is 2.06. The van der Waals surface area contributed by atoms with Crippen molar-refractivity contribution in [3.63, 3.8) is 0 Å². The molecule has 0 fully saturated rings. The highest BCUT2D eigenvalue weighted by Crippen LogP contribution is 1.86. The predicted molar refractivity (Wildman–Crippen MR) is 35.1 cm³/mol. The lowest BCUT2D eigenvalue weighted by molar-refractivity contribution is -0.417. The van der Waals surface area contributed by atoms with Gasteiger partial charge in [0, 0.05) is 12.5 Å². The molecule has 0 N–H and O–H groups in total. The average Bonchev–Trinajstić information content (AvgIpc) is 1.94. The number of allylic oxidation sites excluding steroid dienone is 3. The molecule has 0 unspecified atom stereocenters. The third-order valence-electron chi connectivity index (χ3n) is 1.10. The molecule has 0 amide bonds. The third kappa shape index (κ3) is 1.34. The molecule has 0 aromatic carbocycles. The summed E-state index contributed by atoms with van der Waals surface area (Å²) in [5.41, 5.74) is 0. The Bertz CT molecular complexity index is 149.